The number of rotatable bonds is 10. The molecule has 2 aromatic carbocycles. The summed E-state index contributed by atoms with van der Waals surface area (Å²) in [6.45, 7) is 19.9. The number of aromatic amines is 1. The Morgan fingerprint density at radius 2 is 2.00 bits per heavy atom. The van der Waals surface area contributed by atoms with Crippen LogP contribution in [0.2, 0.25) is 0 Å². The molecule has 0 fully saturated rings. The van der Waals surface area contributed by atoms with Crippen LogP contribution < -0.4 is 20.2 Å². The fourth-order valence-electron chi connectivity index (χ4n) is 6.54. The van der Waals surface area contributed by atoms with Crippen LogP contribution in [0.3, 0.4) is 0 Å². The Hall–Kier alpha value is -3.54. The normalized spacial score (nSPS) is 18.4. The first-order valence-electron chi connectivity index (χ1n) is 15.9. The van der Waals surface area contributed by atoms with Gasteiger partial charge in [-0.1, -0.05) is 52.0 Å². The molecule has 0 saturated heterocycles. The minimum absolute atomic E-state index is 0.0750. The summed E-state index contributed by atoms with van der Waals surface area (Å²) >= 11 is 0. The number of aryl methyl sites for hydroxylation is 2. The van der Waals surface area contributed by atoms with Crippen molar-refractivity contribution >= 4 is 33.6 Å². The van der Waals surface area contributed by atoms with Crippen LogP contribution >= 0.6 is 0 Å². The molecule has 0 aliphatic carbocycles. The molecule has 2 aromatic heterocycles. The van der Waals surface area contributed by atoms with Gasteiger partial charge in [-0.25, -0.2) is 23.1 Å². The number of hydrogen-bond acceptors (Lipinski definition) is 7. The van der Waals surface area contributed by atoms with E-state index in [4.69, 9.17) is 15.1 Å². The summed E-state index contributed by atoms with van der Waals surface area (Å²) in [6.07, 6.45) is 2.40. The molecular formula is C34H47N7O3S. The van der Waals surface area contributed by atoms with Gasteiger partial charge in [0.15, 0.2) is 5.82 Å². The highest BCUT2D eigenvalue weighted by Crippen LogP contribution is 2.45. The van der Waals surface area contributed by atoms with Crippen molar-refractivity contribution in [3.8, 4) is 0 Å². The van der Waals surface area contributed by atoms with Crippen LogP contribution in [0.4, 0.5) is 11.4 Å². The number of unbranched alkanes of at least 4 members (excludes halogenated alkanes) is 1. The topological polar surface area (TPSA) is 128 Å². The van der Waals surface area contributed by atoms with E-state index >= 15 is 0 Å². The number of H-pyrrole nitrogens is 1. The van der Waals surface area contributed by atoms with Gasteiger partial charge in [0.1, 0.15) is 5.36 Å². The third-order valence-corrected chi connectivity index (χ3v) is 10.4. The Morgan fingerprint density at radius 3 is 2.69 bits per heavy atom. The zero-order valence-corrected chi connectivity index (χ0v) is 28.4. The van der Waals surface area contributed by atoms with Gasteiger partial charge in [-0.3, -0.25) is 5.10 Å². The second kappa shape index (κ2) is 12.7. The minimum atomic E-state index is -3.36. The van der Waals surface area contributed by atoms with E-state index in [1.165, 1.54) is 5.56 Å². The lowest BCUT2D eigenvalue weighted by Crippen LogP contribution is -2.49. The molecule has 0 amide bonds. The largest absolute Gasteiger partial charge is 0.395 e. The van der Waals surface area contributed by atoms with Crippen LogP contribution in [0.5, 0.6) is 0 Å². The summed E-state index contributed by atoms with van der Waals surface area (Å²) in [5.41, 5.74) is 5.75. The molecule has 0 saturated carbocycles. The van der Waals surface area contributed by atoms with Gasteiger partial charge in [0.2, 0.25) is 15.7 Å². The van der Waals surface area contributed by atoms with Gasteiger partial charge in [-0.2, -0.15) is 4.63 Å². The second-order valence-electron chi connectivity index (χ2n) is 13.2. The third-order valence-electron chi connectivity index (χ3n) is 8.97. The molecule has 2 unspecified atom stereocenters. The maximum absolute atomic E-state index is 12.4. The van der Waals surface area contributed by atoms with Crippen LogP contribution in [-0.2, 0) is 10.0 Å². The molecule has 0 radical (unpaired) electrons. The van der Waals surface area contributed by atoms with E-state index in [2.05, 4.69) is 61.1 Å². The van der Waals surface area contributed by atoms with E-state index in [1.807, 2.05) is 39.0 Å². The van der Waals surface area contributed by atoms with Gasteiger partial charge >= 0.3 is 0 Å². The molecule has 11 heteroatoms. The number of aliphatic hydroxyl groups excluding tert-OH is 1. The summed E-state index contributed by atoms with van der Waals surface area (Å²) in [5.74, 6) is 0.701. The predicted molar refractivity (Wildman–Crippen MR) is 180 cm³/mol. The summed E-state index contributed by atoms with van der Waals surface area (Å²) in [7, 11) is -3.36. The number of fused-ring (bicyclic) bond motifs is 2. The number of aliphatic hydroxyl groups is 1. The van der Waals surface area contributed by atoms with Crippen molar-refractivity contribution in [3.05, 3.63) is 74.0 Å². The van der Waals surface area contributed by atoms with Crippen molar-refractivity contribution in [2.45, 2.75) is 85.1 Å². The molecule has 1 aliphatic heterocycles. The summed E-state index contributed by atoms with van der Waals surface area (Å²) in [5, 5.41) is 21.3. The number of benzene rings is 2. The van der Waals surface area contributed by atoms with E-state index < -0.39 is 10.0 Å². The highest BCUT2D eigenvalue weighted by atomic mass is 32.2. The van der Waals surface area contributed by atoms with Gasteiger partial charge in [0.05, 0.1) is 23.4 Å². The first-order chi connectivity index (χ1) is 21.3. The zero-order valence-electron chi connectivity index (χ0n) is 27.6. The molecule has 3 heterocycles. The lowest BCUT2D eigenvalue weighted by molar-refractivity contribution is 0.277. The highest BCUT2D eigenvalue weighted by molar-refractivity contribution is 7.89. The van der Waals surface area contributed by atoms with E-state index in [-0.39, 0.29) is 30.4 Å². The fourth-order valence-corrected chi connectivity index (χ4v) is 7.86. The molecule has 0 spiro atoms. The Balaban J connectivity index is 1.69. The Labute approximate surface area is 265 Å². The summed E-state index contributed by atoms with van der Waals surface area (Å²) in [4.78, 5) is 12.5. The van der Waals surface area contributed by atoms with Crippen LogP contribution in [0.15, 0.2) is 35.3 Å². The fraction of sp³-hybridized carbons (Fsp3) is 0.500. The van der Waals surface area contributed by atoms with Gasteiger partial charge in [-0.05, 0) is 80.5 Å². The molecule has 45 heavy (non-hydrogen) atoms. The average molecular weight is 634 g/mol. The van der Waals surface area contributed by atoms with E-state index in [0.29, 0.717) is 35.7 Å². The molecule has 0 bridgehead atoms. The van der Waals surface area contributed by atoms with Crippen molar-refractivity contribution in [1.82, 2.24) is 24.5 Å². The zero-order chi connectivity index (χ0) is 32.7. The predicted octanol–water partition coefficient (Wildman–Crippen LogP) is 4.23. The Bertz CT molecular complexity index is 2030. The highest BCUT2D eigenvalue weighted by Gasteiger charge is 2.36. The van der Waals surface area contributed by atoms with E-state index in [9.17, 15) is 13.5 Å². The minimum Gasteiger partial charge on any atom is -0.395 e. The third kappa shape index (κ3) is 6.57. The van der Waals surface area contributed by atoms with Crippen molar-refractivity contribution < 1.29 is 13.5 Å². The molecule has 5 rings (SSSR count). The molecule has 10 nitrogen and oxygen atoms in total. The van der Waals surface area contributed by atoms with E-state index in [0.717, 1.165) is 51.1 Å². The standard InChI is InChI=1S/C34H47N7O3S/c1-9-10-16-45(43,44)35-20-25(6)32-37-33-31(30(38-41(33)39-32)29-21(2)12-11-13-22(29)3)36-27-18-26-24(5)19-34(7,8)40(14-15-42)28(26)17-23(27)4/h11-13,17-18,24-25,35,38,42H,2,9-10,14-16,19-20H2,1,3-8H3/b30-29+,36-31?. The summed E-state index contributed by atoms with van der Waals surface area (Å²) in [6, 6.07) is 10.4. The Kier molecular flexibility index (Phi) is 9.26. The molecular weight excluding hydrogens is 586 g/mol. The number of sulfonamides is 1. The average Bonchev–Trinajstić information content (AvgIpc) is 3.52. The maximum atomic E-state index is 12.4. The number of hydrogen-bond donors (Lipinski definition) is 3. The number of nitrogens with one attached hydrogen (secondary N) is 2. The van der Waals surface area contributed by atoms with Crippen LogP contribution in [-0.4, -0.2) is 64.3 Å². The van der Waals surface area contributed by atoms with Gasteiger partial charge in [-0.15, -0.1) is 5.10 Å². The Morgan fingerprint density at radius 1 is 1.24 bits per heavy atom. The monoisotopic (exact) mass is 633 g/mol. The van der Waals surface area contributed by atoms with Crippen LogP contribution in [0.1, 0.15) is 88.2 Å². The molecule has 2 atom stereocenters. The van der Waals surface area contributed by atoms with Crippen molar-refractivity contribution in [2.75, 3.05) is 30.3 Å². The SMILES string of the molecule is C=c1cccc(C)/c1=c1/[nH]n2nc(C(C)CNS(=O)(=O)CCCC)nc2c1=Nc1cc2c(cc1C)N(CCO)C(C)(C)CC2C. The molecule has 1 aliphatic rings. The summed E-state index contributed by atoms with van der Waals surface area (Å²) < 4.78 is 29.2. The molecule has 4 aromatic rings. The maximum Gasteiger partial charge on any atom is 0.211 e. The first-order valence-corrected chi connectivity index (χ1v) is 17.5. The quantitative estimate of drug-likeness (QED) is 0.240. The van der Waals surface area contributed by atoms with Crippen LogP contribution in [0, 0.1) is 24.4 Å². The number of nitrogens with zero attached hydrogens (tertiary/aromatic N) is 5. The van der Waals surface area contributed by atoms with Gasteiger partial charge in [0.25, 0.3) is 0 Å². The molecule has 3 N–H and O–H groups in total. The number of anilines is 1. The van der Waals surface area contributed by atoms with Crippen LogP contribution in [0.25, 0.3) is 12.2 Å². The second-order valence-corrected chi connectivity index (χ2v) is 15.1. The number of β-amino-alcohol motifs (C(OH)–C–C–N with tert-alkyl or cyclic N) is 1. The van der Waals surface area contributed by atoms with Crippen molar-refractivity contribution in [3.63, 3.8) is 0 Å². The van der Waals surface area contributed by atoms with Gasteiger partial charge < -0.3 is 10.0 Å². The van der Waals surface area contributed by atoms with Crippen molar-refractivity contribution in [1.29, 1.82) is 0 Å². The smallest absolute Gasteiger partial charge is 0.211 e. The molecule has 242 valence electrons. The van der Waals surface area contributed by atoms with Crippen molar-refractivity contribution in [2.24, 2.45) is 4.99 Å². The number of aromatic nitrogens is 4. The van der Waals surface area contributed by atoms with Gasteiger partial charge in [0, 0.05) is 35.5 Å². The lowest BCUT2D eigenvalue weighted by Gasteiger charge is -2.47. The first kappa shape index (κ1) is 32.8. The lowest BCUT2D eigenvalue weighted by atomic mass is 9.79. The van der Waals surface area contributed by atoms with E-state index in [1.54, 1.807) is 4.63 Å².